The second-order valence-electron chi connectivity index (χ2n) is 3.85. The van der Waals surface area contributed by atoms with Gasteiger partial charge in [-0.05, 0) is 23.8 Å². The number of methoxy groups -OCH3 is 1. The Labute approximate surface area is 105 Å². The molecule has 0 saturated heterocycles. The Morgan fingerprint density at radius 1 is 1.22 bits per heavy atom. The van der Waals surface area contributed by atoms with E-state index in [4.69, 9.17) is 8.92 Å². The van der Waals surface area contributed by atoms with Crippen LogP contribution in [0.15, 0.2) is 30.3 Å². The van der Waals surface area contributed by atoms with Crippen LogP contribution in [0.3, 0.4) is 0 Å². The molecule has 0 bridgehead atoms. The van der Waals surface area contributed by atoms with E-state index in [1.165, 1.54) is 0 Å². The first-order valence-corrected chi connectivity index (χ1v) is 7.08. The molecule has 2 aromatic rings. The summed E-state index contributed by atoms with van der Waals surface area (Å²) >= 11 is 0. The van der Waals surface area contributed by atoms with Crippen molar-refractivity contribution in [3.8, 4) is 5.88 Å². The smallest absolute Gasteiger partial charge is 0.264 e. The lowest BCUT2D eigenvalue weighted by molar-refractivity contribution is 0.312. The third-order valence-corrected chi connectivity index (χ3v) is 2.92. The van der Waals surface area contributed by atoms with Gasteiger partial charge < -0.3 is 4.74 Å². The maximum Gasteiger partial charge on any atom is 0.264 e. The molecule has 0 atom stereocenters. The predicted molar refractivity (Wildman–Crippen MR) is 67.9 cm³/mol. The summed E-state index contributed by atoms with van der Waals surface area (Å²) in [6, 6.07) is 9.04. The molecule has 6 heteroatoms. The fraction of sp³-hybridized carbons (Fsp3) is 0.250. The quantitative estimate of drug-likeness (QED) is 0.789. The van der Waals surface area contributed by atoms with Gasteiger partial charge in [-0.15, -0.1) is 0 Å². The highest BCUT2D eigenvalue weighted by atomic mass is 32.2. The minimum absolute atomic E-state index is 0.0286. The fourth-order valence-electron chi connectivity index (χ4n) is 1.53. The zero-order chi connectivity index (χ0) is 13.2. The van der Waals surface area contributed by atoms with E-state index in [0.29, 0.717) is 5.88 Å². The van der Waals surface area contributed by atoms with Crippen molar-refractivity contribution in [2.24, 2.45) is 0 Å². The van der Waals surface area contributed by atoms with Crippen molar-refractivity contribution < 1.29 is 17.3 Å². The minimum Gasteiger partial charge on any atom is -0.481 e. The Balaban J connectivity index is 2.28. The molecule has 0 aliphatic carbocycles. The highest BCUT2D eigenvalue weighted by Crippen LogP contribution is 2.18. The Morgan fingerprint density at radius 3 is 2.67 bits per heavy atom. The molecule has 1 aromatic carbocycles. The molecule has 5 nitrogen and oxygen atoms in total. The van der Waals surface area contributed by atoms with Crippen LogP contribution in [0.1, 0.15) is 5.56 Å². The topological polar surface area (TPSA) is 65.5 Å². The third kappa shape index (κ3) is 3.18. The fourth-order valence-corrected chi connectivity index (χ4v) is 1.89. The van der Waals surface area contributed by atoms with Crippen molar-refractivity contribution in [3.05, 3.63) is 35.9 Å². The molecule has 2 rings (SSSR count). The number of benzene rings is 1. The van der Waals surface area contributed by atoms with Crippen LogP contribution in [-0.4, -0.2) is 26.8 Å². The van der Waals surface area contributed by atoms with Crippen molar-refractivity contribution in [1.29, 1.82) is 0 Å². The van der Waals surface area contributed by atoms with Crippen LogP contribution in [0.2, 0.25) is 0 Å². The van der Waals surface area contributed by atoms with Crippen LogP contribution in [0.5, 0.6) is 5.88 Å². The second-order valence-corrected chi connectivity index (χ2v) is 5.49. The lowest BCUT2D eigenvalue weighted by Crippen LogP contribution is -2.02. The average molecular weight is 267 g/mol. The number of ether oxygens (including phenoxy) is 1. The highest BCUT2D eigenvalue weighted by Gasteiger charge is 2.04. The number of hydrogen-bond donors (Lipinski definition) is 0. The SMILES string of the molecule is COc1ccc2cc(COS(C)(=O)=O)ccc2n1. The van der Waals surface area contributed by atoms with Crippen molar-refractivity contribution in [2.75, 3.05) is 13.4 Å². The molecule has 1 aromatic heterocycles. The maximum absolute atomic E-state index is 10.9. The van der Waals surface area contributed by atoms with E-state index >= 15 is 0 Å². The number of fused-ring (bicyclic) bond motifs is 1. The standard InChI is InChI=1S/C12H13NO4S/c1-16-12-6-4-10-7-9(3-5-11(10)13-12)8-17-18(2,14)15/h3-7H,8H2,1-2H3. The van der Waals surface area contributed by atoms with Crippen LogP contribution < -0.4 is 4.74 Å². The largest absolute Gasteiger partial charge is 0.481 e. The summed E-state index contributed by atoms with van der Waals surface area (Å²) in [6.45, 7) is 0.0286. The number of hydrogen-bond acceptors (Lipinski definition) is 5. The average Bonchev–Trinajstić information content (AvgIpc) is 2.34. The van der Waals surface area contributed by atoms with Crippen LogP contribution in [0, 0.1) is 0 Å². The van der Waals surface area contributed by atoms with Crippen LogP contribution in [0.25, 0.3) is 10.9 Å². The Morgan fingerprint density at radius 2 is 2.00 bits per heavy atom. The summed E-state index contributed by atoms with van der Waals surface area (Å²) < 4.78 is 31.6. The molecule has 0 N–H and O–H groups in total. The van der Waals surface area contributed by atoms with Crippen molar-refractivity contribution >= 4 is 21.0 Å². The zero-order valence-corrected chi connectivity index (χ0v) is 10.9. The minimum atomic E-state index is -3.42. The van der Waals surface area contributed by atoms with Gasteiger partial charge in [0.25, 0.3) is 10.1 Å². The van der Waals surface area contributed by atoms with Crippen LogP contribution in [0.4, 0.5) is 0 Å². The molecule has 0 unspecified atom stereocenters. The summed E-state index contributed by atoms with van der Waals surface area (Å²) in [5.41, 5.74) is 1.57. The van der Waals surface area contributed by atoms with Crippen molar-refractivity contribution in [2.45, 2.75) is 6.61 Å². The number of rotatable bonds is 4. The molecular formula is C12H13NO4S. The molecule has 0 radical (unpaired) electrons. The van der Waals surface area contributed by atoms with Crippen LogP contribution >= 0.6 is 0 Å². The molecule has 0 aliphatic rings. The Bertz CT molecular complexity index is 667. The van der Waals surface area contributed by atoms with E-state index in [9.17, 15) is 8.42 Å². The van der Waals surface area contributed by atoms with Gasteiger partial charge in [-0.2, -0.15) is 8.42 Å². The number of pyridine rings is 1. The normalized spacial score (nSPS) is 11.7. The van der Waals surface area contributed by atoms with E-state index in [0.717, 1.165) is 22.7 Å². The van der Waals surface area contributed by atoms with Gasteiger partial charge in [0.05, 0.1) is 25.5 Å². The predicted octanol–water partition coefficient (Wildman–Crippen LogP) is 1.72. The molecule has 0 saturated carbocycles. The first-order chi connectivity index (χ1) is 8.48. The number of nitrogens with zero attached hydrogens (tertiary/aromatic N) is 1. The molecular weight excluding hydrogens is 254 g/mol. The molecule has 0 aliphatic heterocycles. The van der Waals surface area contributed by atoms with Crippen molar-refractivity contribution in [1.82, 2.24) is 4.98 Å². The third-order valence-electron chi connectivity index (χ3n) is 2.38. The van der Waals surface area contributed by atoms with Gasteiger partial charge in [0, 0.05) is 11.5 Å². The van der Waals surface area contributed by atoms with Gasteiger partial charge in [0.15, 0.2) is 0 Å². The Hall–Kier alpha value is -1.66. The van der Waals surface area contributed by atoms with E-state index in [2.05, 4.69) is 4.98 Å². The van der Waals surface area contributed by atoms with Gasteiger partial charge in [-0.3, -0.25) is 4.18 Å². The summed E-state index contributed by atoms with van der Waals surface area (Å²) in [7, 11) is -1.86. The summed E-state index contributed by atoms with van der Waals surface area (Å²) in [4.78, 5) is 4.26. The molecule has 96 valence electrons. The van der Waals surface area contributed by atoms with E-state index in [1.807, 2.05) is 12.1 Å². The van der Waals surface area contributed by atoms with Crippen molar-refractivity contribution in [3.63, 3.8) is 0 Å². The van der Waals surface area contributed by atoms with E-state index in [1.54, 1.807) is 25.3 Å². The second kappa shape index (κ2) is 4.91. The van der Waals surface area contributed by atoms with Gasteiger partial charge in [0.2, 0.25) is 5.88 Å². The number of aromatic nitrogens is 1. The van der Waals surface area contributed by atoms with Gasteiger partial charge in [-0.1, -0.05) is 6.07 Å². The zero-order valence-electron chi connectivity index (χ0n) is 10.1. The first-order valence-electron chi connectivity index (χ1n) is 5.26. The lowest BCUT2D eigenvalue weighted by atomic mass is 10.1. The molecule has 0 amide bonds. The molecule has 0 spiro atoms. The maximum atomic E-state index is 10.9. The lowest BCUT2D eigenvalue weighted by Gasteiger charge is -2.05. The summed E-state index contributed by atoms with van der Waals surface area (Å²) in [5.74, 6) is 0.544. The highest BCUT2D eigenvalue weighted by molar-refractivity contribution is 7.85. The first kappa shape index (κ1) is 12.8. The van der Waals surface area contributed by atoms with Crippen LogP contribution in [-0.2, 0) is 20.9 Å². The van der Waals surface area contributed by atoms with Gasteiger partial charge in [0.1, 0.15) is 0 Å². The van der Waals surface area contributed by atoms with E-state index in [-0.39, 0.29) is 6.61 Å². The summed E-state index contributed by atoms with van der Waals surface area (Å²) in [5, 5.41) is 0.908. The Kier molecular flexibility index (Phi) is 3.49. The summed E-state index contributed by atoms with van der Waals surface area (Å²) in [6.07, 6.45) is 1.03. The molecule has 1 heterocycles. The van der Waals surface area contributed by atoms with Gasteiger partial charge in [-0.25, -0.2) is 4.98 Å². The van der Waals surface area contributed by atoms with E-state index < -0.39 is 10.1 Å². The monoisotopic (exact) mass is 267 g/mol. The molecule has 18 heavy (non-hydrogen) atoms. The molecule has 0 fully saturated rings. The van der Waals surface area contributed by atoms with Gasteiger partial charge >= 0.3 is 0 Å².